The summed E-state index contributed by atoms with van der Waals surface area (Å²) in [6.07, 6.45) is 4.96. The van der Waals surface area contributed by atoms with E-state index in [1.807, 2.05) is 6.21 Å². The van der Waals surface area contributed by atoms with Crippen LogP contribution >= 0.6 is 24.8 Å². The fraction of sp³-hybridized carbons (Fsp3) is 0.429. The molecule has 3 aliphatic heterocycles. The van der Waals surface area contributed by atoms with Crippen molar-refractivity contribution in [3.63, 3.8) is 0 Å². The number of fused-ring (bicyclic) bond motifs is 2. The molecule has 0 aromatic heterocycles. The van der Waals surface area contributed by atoms with Crippen LogP contribution in [0.3, 0.4) is 0 Å². The van der Waals surface area contributed by atoms with Gasteiger partial charge in [0.05, 0.1) is 12.7 Å². The van der Waals surface area contributed by atoms with Gasteiger partial charge in [-0.3, -0.25) is 19.4 Å². The molecular weight excluding hydrogens is 686 g/mol. The van der Waals surface area contributed by atoms with E-state index >= 15 is 0 Å². The summed E-state index contributed by atoms with van der Waals surface area (Å²) in [4.78, 5) is 57.0. The van der Waals surface area contributed by atoms with Crippen molar-refractivity contribution in [2.75, 3.05) is 19.7 Å². The summed E-state index contributed by atoms with van der Waals surface area (Å²) in [5.74, 6) is -3.34. The van der Waals surface area contributed by atoms with E-state index in [1.165, 1.54) is 44.5 Å². The molecule has 0 spiro atoms. The number of carboxylic acid groups (broad SMARTS) is 1. The molecule has 3 aliphatic rings. The standard InChI is InChI=1S/C17H23NO3.C11H13N.C5H4O4.C2H4O2.2ClH.Na/c1-4-21-17(20)10-14(19)9-16-15-8-12(3)11(2)7-13(15)5-6-18-16;1-8-5-10-3-4-12-7-11(10)6-9(8)2;6-3-1-4(7)9-5(8)2-3;1-2(3)4;;;/h7-8,16,18H,4-6,9-10H2,1-3H3;5-7H,3-4H2,1-2H3;1,6H,2H2;1H3,(H,3,4);2*1H;/q;;;;;;+1/p-1. The van der Waals surface area contributed by atoms with Gasteiger partial charge < -0.3 is 29.8 Å². The van der Waals surface area contributed by atoms with E-state index in [4.69, 9.17) is 19.7 Å². The van der Waals surface area contributed by atoms with Gasteiger partial charge in [-0.1, -0.05) is 18.2 Å². The van der Waals surface area contributed by atoms with E-state index in [0.717, 1.165) is 38.9 Å². The smallest absolute Gasteiger partial charge is 0.550 e. The summed E-state index contributed by atoms with van der Waals surface area (Å²) < 4.78 is 8.87. The topological polar surface area (TPSA) is 171 Å². The number of aliphatic hydroxyl groups excluding tert-OH is 1. The van der Waals surface area contributed by atoms with Crippen LogP contribution in [0.5, 0.6) is 0 Å². The summed E-state index contributed by atoms with van der Waals surface area (Å²) in [5.41, 5.74) is 10.5. The number of nitrogens with zero attached hydrogens (tertiary/aromatic N) is 1. The molecule has 49 heavy (non-hydrogen) atoms. The molecule has 0 fully saturated rings. The van der Waals surface area contributed by atoms with Gasteiger partial charge in [-0.25, -0.2) is 4.79 Å². The zero-order valence-electron chi connectivity index (χ0n) is 29.2. The number of benzene rings is 2. The minimum absolute atomic E-state index is 0. The number of carbonyl (C=O) groups is 5. The summed E-state index contributed by atoms with van der Waals surface area (Å²) in [6.45, 7) is 13.4. The van der Waals surface area contributed by atoms with E-state index in [9.17, 15) is 19.2 Å². The van der Waals surface area contributed by atoms with E-state index in [1.54, 1.807) is 6.92 Å². The number of rotatable bonds is 5. The molecule has 0 bridgehead atoms. The van der Waals surface area contributed by atoms with Gasteiger partial charge in [-0.2, -0.15) is 0 Å². The SMILES string of the molecule is CC(=O)[O-].CCOC(=O)CC(=O)CC1NCCc2cc(C)c(C)cc21.Cc1cc2c(cc1C)CCN=C2.Cl.Cl.O=C1C=C(O)CC(=O)O1.[Na+]. The number of hydrogen-bond donors (Lipinski definition) is 2. The average Bonchev–Trinajstić information content (AvgIpc) is 2.94. The van der Waals surface area contributed by atoms with E-state index in [-0.39, 0.29) is 84.8 Å². The molecule has 0 amide bonds. The molecule has 0 saturated heterocycles. The Hall–Kier alpha value is -3.06. The quantitative estimate of drug-likeness (QED) is 0.259. The Bertz CT molecular complexity index is 1520. The number of halogens is 2. The van der Waals surface area contributed by atoms with Crippen LogP contribution in [0.25, 0.3) is 0 Å². The molecule has 5 rings (SSSR count). The number of esters is 3. The molecule has 11 nitrogen and oxygen atoms in total. The molecule has 2 aromatic rings. The minimum Gasteiger partial charge on any atom is -0.550 e. The molecule has 264 valence electrons. The van der Waals surface area contributed by atoms with Crippen molar-refractivity contribution in [3.05, 3.63) is 80.6 Å². The third kappa shape index (κ3) is 17.4. The molecule has 0 aliphatic carbocycles. The molecule has 0 radical (unpaired) electrons. The third-order valence-electron chi connectivity index (χ3n) is 7.32. The summed E-state index contributed by atoms with van der Waals surface area (Å²) in [5, 5.41) is 20.9. The first kappa shape index (κ1) is 48.1. The van der Waals surface area contributed by atoms with Gasteiger partial charge in [-0.15, -0.1) is 24.8 Å². The minimum atomic E-state index is -1.08. The number of hydrogen-bond acceptors (Lipinski definition) is 11. The second-order valence-electron chi connectivity index (χ2n) is 11.1. The number of carboxylic acids is 1. The van der Waals surface area contributed by atoms with E-state index in [0.29, 0.717) is 13.0 Å². The monoisotopic (exact) mass is 730 g/mol. The van der Waals surface area contributed by atoms with Crippen LogP contribution in [-0.2, 0) is 46.3 Å². The number of aliphatic imine (C=N–C) groups is 1. The van der Waals surface area contributed by atoms with Gasteiger partial charge in [0.15, 0.2) is 0 Å². The number of carbonyl (C=O) groups excluding carboxylic acids is 5. The first-order valence-electron chi connectivity index (χ1n) is 15.1. The maximum absolute atomic E-state index is 12.0. The number of Topliss-reactive ketones (excluding diaryl/α,β-unsaturated/α-hetero) is 1. The zero-order chi connectivity index (χ0) is 34.4. The molecule has 1 unspecified atom stereocenters. The van der Waals surface area contributed by atoms with Crippen molar-refractivity contribution < 1.29 is 73.2 Å². The van der Waals surface area contributed by atoms with Crippen LogP contribution in [-0.4, -0.2) is 60.7 Å². The van der Waals surface area contributed by atoms with Crippen molar-refractivity contribution in [2.45, 2.75) is 79.7 Å². The number of aliphatic carboxylic acids is 1. The Labute approximate surface area is 322 Å². The van der Waals surface area contributed by atoms with Gasteiger partial charge in [0.1, 0.15) is 24.4 Å². The molecule has 2 aromatic carbocycles. The molecule has 3 heterocycles. The van der Waals surface area contributed by atoms with Crippen LogP contribution in [0, 0.1) is 27.7 Å². The first-order chi connectivity index (χ1) is 21.7. The van der Waals surface area contributed by atoms with Gasteiger partial charge in [-0.05, 0) is 112 Å². The Morgan fingerprint density at radius 3 is 2.12 bits per heavy atom. The van der Waals surface area contributed by atoms with Gasteiger partial charge in [0, 0.05) is 31.2 Å². The second-order valence-corrected chi connectivity index (χ2v) is 11.1. The molecule has 14 heteroatoms. The molecule has 2 N–H and O–H groups in total. The van der Waals surface area contributed by atoms with Crippen LogP contribution < -0.4 is 40.0 Å². The Kier molecular flexibility index (Phi) is 23.7. The largest absolute Gasteiger partial charge is 1.00 e. The fourth-order valence-electron chi connectivity index (χ4n) is 4.88. The molecular formula is C35H45Cl2N2NaO9. The number of ketones is 1. The maximum atomic E-state index is 12.0. The van der Waals surface area contributed by atoms with Crippen LogP contribution in [0.2, 0.25) is 0 Å². The van der Waals surface area contributed by atoms with Gasteiger partial charge in [0.2, 0.25) is 0 Å². The maximum Gasteiger partial charge on any atom is 1.00 e. The number of aliphatic hydroxyl groups is 1. The number of nitrogens with one attached hydrogen (secondary N) is 1. The Morgan fingerprint density at radius 2 is 1.55 bits per heavy atom. The predicted molar refractivity (Wildman–Crippen MR) is 185 cm³/mol. The normalized spacial score (nSPS) is 14.9. The van der Waals surface area contributed by atoms with Gasteiger partial charge >= 0.3 is 47.5 Å². The Balaban J connectivity index is 0. The second kappa shape index (κ2) is 24.2. The summed E-state index contributed by atoms with van der Waals surface area (Å²) in [6, 6.07) is 8.91. The van der Waals surface area contributed by atoms with Crippen molar-refractivity contribution in [3.8, 4) is 0 Å². The van der Waals surface area contributed by atoms with Crippen molar-refractivity contribution in [2.24, 2.45) is 4.99 Å². The molecule has 0 saturated carbocycles. The van der Waals surface area contributed by atoms with Crippen LogP contribution in [0.1, 0.15) is 83.7 Å². The fourth-order valence-corrected chi connectivity index (χ4v) is 4.88. The zero-order valence-corrected chi connectivity index (χ0v) is 32.8. The molecule has 1 atom stereocenters. The predicted octanol–water partition coefficient (Wildman–Crippen LogP) is 1.19. The number of cyclic esters (lactones) is 2. The van der Waals surface area contributed by atoms with Gasteiger partial charge in [0.25, 0.3) is 0 Å². The Morgan fingerprint density at radius 1 is 0.980 bits per heavy atom. The summed E-state index contributed by atoms with van der Waals surface area (Å²) in [7, 11) is 0. The summed E-state index contributed by atoms with van der Waals surface area (Å²) >= 11 is 0. The van der Waals surface area contributed by atoms with Crippen molar-refractivity contribution in [1.82, 2.24) is 5.32 Å². The van der Waals surface area contributed by atoms with Crippen LogP contribution in [0.4, 0.5) is 0 Å². The average molecular weight is 732 g/mol. The van der Waals surface area contributed by atoms with Crippen molar-refractivity contribution >= 4 is 60.7 Å². The first-order valence-corrected chi connectivity index (χ1v) is 15.1. The van der Waals surface area contributed by atoms with E-state index in [2.05, 4.69) is 67.0 Å². The van der Waals surface area contributed by atoms with E-state index < -0.39 is 23.9 Å². The number of ether oxygens (including phenoxy) is 2. The van der Waals surface area contributed by atoms with Crippen LogP contribution in [0.15, 0.2) is 41.1 Å². The third-order valence-corrected chi connectivity index (χ3v) is 7.32. The number of aryl methyl sites for hydroxylation is 4. The van der Waals surface area contributed by atoms with Crippen molar-refractivity contribution in [1.29, 1.82) is 0 Å².